The van der Waals surface area contributed by atoms with E-state index in [1.54, 1.807) is 7.11 Å². The lowest BCUT2D eigenvalue weighted by atomic mass is 9.96. The van der Waals surface area contributed by atoms with E-state index in [0.717, 1.165) is 35.3 Å². The molecule has 1 aromatic carbocycles. The molecule has 0 aliphatic carbocycles. The highest BCUT2D eigenvalue weighted by Gasteiger charge is 2.26. The summed E-state index contributed by atoms with van der Waals surface area (Å²) in [6.45, 7) is 3.67. The molecule has 0 spiro atoms. The number of piperidine rings is 1. The summed E-state index contributed by atoms with van der Waals surface area (Å²) in [6.07, 6.45) is 2.51. The maximum Gasteiger partial charge on any atom is 0.136 e. The van der Waals surface area contributed by atoms with E-state index in [-0.39, 0.29) is 6.10 Å². The summed E-state index contributed by atoms with van der Waals surface area (Å²) < 4.78 is 5.41. The van der Waals surface area contributed by atoms with Gasteiger partial charge < -0.3 is 14.7 Å². The van der Waals surface area contributed by atoms with Crippen LogP contribution in [0.3, 0.4) is 0 Å². The summed E-state index contributed by atoms with van der Waals surface area (Å²) in [6, 6.07) is 7.97. The highest BCUT2D eigenvalue weighted by molar-refractivity contribution is 5.96. The number of β-amino-alcohol motifs (C(OH)–C–C–N with tert-alkyl or cyclic N) is 1. The zero-order valence-electron chi connectivity index (χ0n) is 11.9. The van der Waals surface area contributed by atoms with Gasteiger partial charge in [-0.3, -0.25) is 0 Å². The summed E-state index contributed by atoms with van der Waals surface area (Å²) in [5.41, 5.74) is 0. The van der Waals surface area contributed by atoms with Crippen LogP contribution < -0.4 is 9.64 Å². The molecule has 1 aliphatic rings. The predicted molar refractivity (Wildman–Crippen MR) is 80.3 cm³/mol. The predicted octanol–water partition coefficient (Wildman–Crippen LogP) is 2.45. The number of fused-ring (bicyclic) bond motifs is 1. The van der Waals surface area contributed by atoms with E-state index in [1.165, 1.54) is 0 Å². The van der Waals surface area contributed by atoms with Crippen molar-refractivity contribution in [3.63, 3.8) is 0 Å². The Balaban J connectivity index is 2.04. The Bertz CT molecular complexity index is 614. The number of aromatic nitrogens is 1. The van der Waals surface area contributed by atoms with E-state index in [2.05, 4.69) is 22.9 Å². The minimum atomic E-state index is -0.286. The van der Waals surface area contributed by atoms with Crippen molar-refractivity contribution >= 4 is 16.6 Å². The fourth-order valence-corrected chi connectivity index (χ4v) is 2.83. The fourth-order valence-electron chi connectivity index (χ4n) is 2.83. The van der Waals surface area contributed by atoms with Crippen LogP contribution in [0.25, 0.3) is 10.8 Å². The molecule has 2 heterocycles. The van der Waals surface area contributed by atoms with E-state index in [1.807, 2.05) is 24.4 Å². The molecule has 1 aromatic heterocycles. The van der Waals surface area contributed by atoms with Crippen LogP contribution in [-0.2, 0) is 0 Å². The summed E-state index contributed by atoms with van der Waals surface area (Å²) in [5, 5.41) is 12.2. The lowest BCUT2D eigenvalue weighted by Crippen LogP contribution is -2.43. The number of aliphatic hydroxyl groups excluding tert-OH is 1. The second-order valence-electron chi connectivity index (χ2n) is 5.47. The van der Waals surface area contributed by atoms with E-state index in [9.17, 15) is 5.11 Å². The first-order valence-electron chi connectivity index (χ1n) is 7.05. The van der Waals surface area contributed by atoms with Gasteiger partial charge in [0.2, 0.25) is 0 Å². The van der Waals surface area contributed by atoms with Crippen molar-refractivity contribution in [1.29, 1.82) is 0 Å². The SMILES string of the molecule is COc1cccc2c(N3CCC(C)C(O)C3)nccc12. The molecule has 0 radical (unpaired) electrons. The highest BCUT2D eigenvalue weighted by Crippen LogP contribution is 2.32. The minimum Gasteiger partial charge on any atom is -0.496 e. The molecule has 2 aromatic rings. The van der Waals surface area contributed by atoms with Crippen LogP contribution in [0.5, 0.6) is 5.75 Å². The van der Waals surface area contributed by atoms with Crippen LogP contribution in [0, 0.1) is 5.92 Å². The summed E-state index contributed by atoms with van der Waals surface area (Å²) >= 11 is 0. The number of aliphatic hydroxyl groups is 1. The van der Waals surface area contributed by atoms with Crippen LogP contribution in [0.4, 0.5) is 5.82 Å². The van der Waals surface area contributed by atoms with Gasteiger partial charge in [-0.25, -0.2) is 4.98 Å². The number of hydrogen-bond acceptors (Lipinski definition) is 4. The third kappa shape index (κ3) is 2.20. The second-order valence-corrected chi connectivity index (χ2v) is 5.47. The van der Waals surface area contributed by atoms with Crippen LogP contribution in [0.1, 0.15) is 13.3 Å². The standard InChI is InChI=1S/C16H20N2O2/c1-11-7-9-18(10-14(11)19)16-13-4-3-5-15(20-2)12(13)6-8-17-16/h3-6,8,11,14,19H,7,9-10H2,1-2H3. The Morgan fingerprint density at radius 2 is 2.15 bits per heavy atom. The van der Waals surface area contributed by atoms with Gasteiger partial charge in [0.15, 0.2) is 0 Å². The van der Waals surface area contributed by atoms with Gasteiger partial charge in [0.05, 0.1) is 13.2 Å². The van der Waals surface area contributed by atoms with Gasteiger partial charge in [0.25, 0.3) is 0 Å². The van der Waals surface area contributed by atoms with E-state index >= 15 is 0 Å². The fraction of sp³-hybridized carbons (Fsp3) is 0.438. The normalized spacial score (nSPS) is 23.1. The van der Waals surface area contributed by atoms with Gasteiger partial charge in [-0.05, 0) is 24.5 Å². The largest absolute Gasteiger partial charge is 0.496 e. The second kappa shape index (κ2) is 5.29. The molecule has 4 nitrogen and oxygen atoms in total. The molecule has 2 atom stereocenters. The number of ether oxygens (including phenoxy) is 1. The average Bonchev–Trinajstić information content (AvgIpc) is 2.49. The Kier molecular flexibility index (Phi) is 3.49. The van der Waals surface area contributed by atoms with Crippen LogP contribution >= 0.6 is 0 Å². The number of methoxy groups -OCH3 is 1. The number of anilines is 1. The summed E-state index contributed by atoms with van der Waals surface area (Å²) in [7, 11) is 1.68. The zero-order valence-corrected chi connectivity index (χ0v) is 11.9. The third-order valence-electron chi connectivity index (χ3n) is 4.18. The molecule has 0 amide bonds. The van der Waals surface area contributed by atoms with E-state index in [4.69, 9.17) is 4.74 Å². The number of nitrogens with zero attached hydrogens (tertiary/aromatic N) is 2. The van der Waals surface area contributed by atoms with Crippen molar-refractivity contribution in [2.24, 2.45) is 5.92 Å². The maximum absolute atomic E-state index is 10.1. The zero-order chi connectivity index (χ0) is 14.1. The number of rotatable bonds is 2. The van der Waals surface area contributed by atoms with Crippen molar-refractivity contribution in [1.82, 2.24) is 4.98 Å². The van der Waals surface area contributed by atoms with Crippen LogP contribution in [0.2, 0.25) is 0 Å². The molecule has 20 heavy (non-hydrogen) atoms. The molecule has 0 saturated carbocycles. The van der Waals surface area contributed by atoms with Gasteiger partial charge in [-0.2, -0.15) is 0 Å². The molecule has 1 N–H and O–H groups in total. The lowest BCUT2D eigenvalue weighted by molar-refractivity contribution is 0.103. The quantitative estimate of drug-likeness (QED) is 0.912. The number of benzene rings is 1. The Hall–Kier alpha value is -1.81. The topological polar surface area (TPSA) is 45.6 Å². The van der Waals surface area contributed by atoms with E-state index in [0.29, 0.717) is 12.5 Å². The minimum absolute atomic E-state index is 0.286. The van der Waals surface area contributed by atoms with Gasteiger partial charge in [0, 0.05) is 30.1 Å². The van der Waals surface area contributed by atoms with Gasteiger partial charge in [-0.1, -0.05) is 19.1 Å². The monoisotopic (exact) mass is 272 g/mol. The first-order valence-corrected chi connectivity index (χ1v) is 7.05. The third-order valence-corrected chi connectivity index (χ3v) is 4.18. The average molecular weight is 272 g/mol. The van der Waals surface area contributed by atoms with Gasteiger partial charge in [-0.15, -0.1) is 0 Å². The molecule has 1 saturated heterocycles. The van der Waals surface area contributed by atoms with Crippen LogP contribution in [-0.4, -0.2) is 36.4 Å². The van der Waals surface area contributed by atoms with Gasteiger partial charge >= 0.3 is 0 Å². The molecule has 3 rings (SSSR count). The Morgan fingerprint density at radius 1 is 1.30 bits per heavy atom. The molecular weight excluding hydrogens is 252 g/mol. The number of pyridine rings is 1. The molecular formula is C16H20N2O2. The van der Waals surface area contributed by atoms with Crippen molar-refractivity contribution in [2.75, 3.05) is 25.1 Å². The summed E-state index contributed by atoms with van der Waals surface area (Å²) in [4.78, 5) is 6.70. The van der Waals surface area contributed by atoms with Crippen molar-refractivity contribution in [3.8, 4) is 5.75 Å². The van der Waals surface area contributed by atoms with Crippen molar-refractivity contribution < 1.29 is 9.84 Å². The Labute approximate surface area is 119 Å². The van der Waals surface area contributed by atoms with Crippen molar-refractivity contribution in [3.05, 3.63) is 30.5 Å². The highest BCUT2D eigenvalue weighted by atomic mass is 16.5. The first kappa shape index (κ1) is 13.2. The maximum atomic E-state index is 10.1. The van der Waals surface area contributed by atoms with Gasteiger partial charge in [0.1, 0.15) is 11.6 Å². The smallest absolute Gasteiger partial charge is 0.136 e. The molecule has 2 unspecified atom stereocenters. The molecule has 1 aliphatic heterocycles. The Morgan fingerprint density at radius 3 is 2.90 bits per heavy atom. The molecule has 106 valence electrons. The summed E-state index contributed by atoms with van der Waals surface area (Å²) in [5.74, 6) is 2.15. The molecule has 4 heteroatoms. The van der Waals surface area contributed by atoms with Crippen LogP contribution in [0.15, 0.2) is 30.5 Å². The molecule has 1 fully saturated rings. The lowest BCUT2D eigenvalue weighted by Gasteiger charge is -2.35. The molecule has 0 bridgehead atoms. The van der Waals surface area contributed by atoms with E-state index < -0.39 is 0 Å². The van der Waals surface area contributed by atoms with Crippen molar-refractivity contribution in [2.45, 2.75) is 19.4 Å². The number of hydrogen-bond donors (Lipinski definition) is 1. The first-order chi connectivity index (χ1) is 9.70.